The third-order valence-corrected chi connectivity index (χ3v) is 6.65. The van der Waals surface area contributed by atoms with Crippen LogP contribution in [0.3, 0.4) is 0 Å². The lowest BCUT2D eigenvalue weighted by Crippen LogP contribution is -2.32. The van der Waals surface area contributed by atoms with Crippen LogP contribution in [-0.4, -0.2) is 47.5 Å². The van der Waals surface area contributed by atoms with E-state index in [1.807, 2.05) is 6.07 Å². The number of H-pyrrole nitrogens is 1. The molecule has 1 saturated heterocycles. The van der Waals surface area contributed by atoms with E-state index >= 15 is 0 Å². The van der Waals surface area contributed by atoms with Gasteiger partial charge >= 0.3 is 0 Å². The summed E-state index contributed by atoms with van der Waals surface area (Å²) in [4.78, 5) is 21.4. The Hall–Kier alpha value is -2.93. The first-order valence-corrected chi connectivity index (χ1v) is 10.3. The number of nitrogens with one attached hydrogen (secondary N) is 1. The molecule has 2 aliphatic rings. The van der Waals surface area contributed by atoms with Crippen molar-refractivity contribution in [2.45, 2.75) is 18.8 Å². The molecule has 2 aromatic heterocycles. The molecule has 7 heteroatoms. The number of nitrogens with two attached hydrogens (primary N) is 1. The highest BCUT2D eigenvalue weighted by atomic mass is 19.1. The first kappa shape index (κ1) is 19.1. The summed E-state index contributed by atoms with van der Waals surface area (Å²) < 4.78 is 19.4. The molecule has 1 aliphatic heterocycles. The average Bonchev–Trinajstić information content (AvgIpc) is 3.39. The predicted molar refractivity (Wildman–Crippen MR) is 113 cm³/mol. The Bertz CT molecular complexity index is 1100. The molecular weight excluding hydrogens is 383 g/mol. The fourth-order valence-electron chi connectivity index (χ4n) is 5.39. The summed E-state index contributed by atoms with van der Waals surface area (Å²) >= 11 is 0. The minimum atomic E-state index is -0.296. The molecule has 156 valence electrons. The van der Waals surface area contributed by atoms with Crippen LogP contribution in [0, 0.1) is 17.7 Å². The van der Waals surface area contributed by atoms with Crippen LogP contribution in [0.5, 0.6) is 5.75 Å². The SMILES string of the molecule is COc1ccc(F)cc1-c1ccnc2[nH]c(C3C[C@@H]4CN(CC(N)=O)C[C@@H]4C3)cc12. The number of halogens is 1. The zero-order chi connectivity index (χ0) is 20.8. The molecule has 3 N–H and O–H groups in total. The van der Waals surface area contributed by atoms with Crippen LogP contribution in [0.1, 0.15) is 24.5 Å². The van der Waals surface area contributed by atoms with Gasteiger partial charge in [0.2, 0.25) is 5.91 Å². The largest absolute Gasteiger partial charge is 0.496 e. The van der Waals surface area contributed by atoms with Crippen LogP contribution in [0.2, 0.25) is 0 Å². The molecule has 30 heavy (non-hydrogen) atoms. The van der Waals surface area contributed by atoms with Gasteiger partial charge in [-0.05, 0) is 66.5 Å². The molecule has 1 unspecified atom stereocenters. The van der Waals surface area contributed by atoms with Gasteiger partial charge in [-0.15, -0.1) is 0 Å². The number of aromatic nitrogens is 2. The number of likely N-dealkylation sites (tertiary alicyclic amines) is 1. The van der Waals surface area contributed by atoms with Crippen molar-refractivity contribution in [1.82, 2.24) is 14.9 Å². The molecule has 6 nitrogen and oxygen atoms in total. The molecule has 1 aromatic carbocycles. The summed E-state index contributed by atoms with van der Waals surface area (Å²) in [7, 11) is 1.59. The minimum Gasteiger partial charge on any atom is -0.496 e. The summed E-state index contributed by atoms with van der Waals surface area (Å²) in [6.07, 6.45) is 3.92. The van der Waals surface area contributed by atoms with Crippen molar-refractivity contribution in [3.05, 3.63) is 48.0 Å². The van der Waals surface area contributed by atoms with Gasteiger partial charge in [0.15, 0.2) is 0 Å². The Morgan fingerprint density at radius 2 is 2.00 bits per heavy atom. The number of rotatable bonds is 5. The molecular formula is C23H25FN4O2. The predicted octanol–water partition coefficient (Wildman–Crippen LogP) is 3.29. The van der Waals surface area contributed by atoms with E-state index in [4.69, 9.17) is 10.5 Å². The van der Waals surface area contributed by atoms with E-state index in [9.17, 15) is 9.18 Å². The lowest BCUT2D eigenvalue weighted by Gasteiger charge is -2.16. The van der Waals surface area contributed by atoms with Crippen molar-refractivity contribution in [3.63, 3.8) is 0 Å². The Balaban J connectivity index is 1.43. The first-order chi connectivity index (χ1) is 14.5. The summed E-state index contributed by atoms with van der Waals surface area (Å²) in [5, 5.41) is 0.976. The van der Waals surface area contributed by atoms with E-state index in [-0.39, 0.29) is 11.7 Å². The van der Waals surface area contributed by atoms with Crippen LogP contribution in [0.25, 0.3) is 22.2 Å². The highest BCUT2D eigenvalue weighted by molar-refractivity contribution is 5.95. The van der Waals surface area contributed by atoms with Crippen LogP contribution >= 0.6 is 0 Å². The van der Waals surface area contributed by atoms with E-state index in [0.29, 0.717) is 30.0 Å². The smallest absolute Gasteiger partial charge is 0.231 e. The van der Waals surface area contributed by atoms with E-state index in [0.717, 1.165) is 48.1 Å². The number of amides is 1. The molecule has 3 atom stereocenters. The molecule has 3 heterocycles. The number of aromatic amines is 1. The highest BCUT2D eigenvalue weighted by Gasteiger charge is 2.41. The van der Waals surface area contributed by atoms with E-state index in [2.05, 4.69) is 20.9 Å². The van der Waals surface area contributed by atoms with Gasteiger partial charge in [-0.1, -0.05) is 0 Å². The van der Waals surface area contributed by atoms with Gasteiger partial charge < -0.3 is 15.5 Å². The van der Waals surface area contributed by atoms with Crippen molar-refractivity contribution in [1.29, 1.82) is 0 Å². The number of benzene rings is 1. The van der Waals surface area contributed by atoms with Gasteiger partial charge in [-0.2, -0.15) is 0 Å². The number of nitrogens with zero attached hydrogens (tertiary/aromatic N) is 2. The highest BCUT2D eigenvalue weighted by Crippen LogP contribution is 2.47. The summed E-state index contributed by atoms with van der Waals surface area (Å²) in [6.45, 7) is 2.23. The maximum atomic E-state index is 14.0. The Morgan fingerprint density at radius 1 is 1.23 bits per heavy atom. The second-order valence-electron chi connectivity index (χ2n) is 8.54. The fourth-order valence-corrected chi connectivity index (χ4v) is 5.39. The summed E-state index contributed by atoms with van der Waals surface area (Å²) in [5.74, 6) is 1.71. The fraction of sp³-hybridized carbons (Fsp3) is 0.391. The van der Waals surface area contributed by atoms with Crippen LogP contribution in [-0.2, 0) is 4.79 Å². The number of ether oxygens (including phenoxy) is 1. The summed E-state index contributed by atoms with van der Waals surface area (Å²) in [5.41, 5.74) is 8.97. The number of hydrogen-bond donors (Lipinski definition) is 2. The van der Waals surface area contributed by atoms with Crippen LogP contribution < -0.4 is 10.5 Å². The van der Waals surface area contributed by atoms with Gasteiger partial charge in [-0.3, -0.25) is 9.69 Å². The third-order valence-electron chi connectivity index (χ3n) is 6.65. The lowest BCUT2D eigenvalue weighted by atomic mass is 9.99. The van der Waals surface area contributed by atoms with Crippen molar-refractivity contribution < 1.29 is 13.9 Å². The van der Waals surface area contributed by atoms with Crippen molar-refractivity contribution in [2.75, 3.05) is 26.7 Å². The van der Waals surface area contributed by atoms with Crippen molar-refractivity contribution >= 4 is 16.9 Å². The standard InChI is InChI=1S/C23H25FN4O2/c1-30-21-3-2-16(24)8-18(21)17-4-5-26-23-19(17)9-20(27-23)13-6-14-10-28(12-22(25)29)11-15(14)7-13/h2-5,8-9,13-15H,6-7,10-12H2,1H3,(H2,25,29)(H,26,27)/t13?,14-,15+. The van der Waals surface area contributed by atoms with Gasteiger partial charge in [0.1, 0.15) is 17.2 Å². The number of methoxy groups -OCH3 is 1. The zero-order valence-electron chi connectivity index (χ0n) is 16.9. The molecule has 1 saturated carbocycles. The second-order valence-corrected chi connectivity index (χ2v) is 8.54. The maximum absolute atomic E-state index is 14.0. The molecule has 0 spiro atoms. The second kappa shape index (κ2) is 7.40. The Kier molecular flexibility index (Phi) is 4.70. The van der Waals surface area contributed by atoms with Crippen LogP contribution in [0.15, 0.2) is 36.5 Å². The number of fused-ring (bicyclic) bond motifs is 2. The van der Waals surface area contributed by atoms with Gasteiger partial charge in [0, 0.05) is 35.9 Å². The molecule has 5 rings (SSSR count). The molecule has 0 bridgehead atoms. The lowest BCUT2D eigenvalue weighted by molar-refractivity contribution is -0.119. The molecule has 1 aliphatic carbocycles. The van der Waals surface area contributed by atoms with Crippen molar-refractivity contribution in [2.24, 2.45) is 17.6 Å². The molecule has 2 fully saturated rings. The third kappa shape index (κ3) is 3.33. The number of pyridine rings is 1. The number of hydrogen-bond acceptors (Lipinski definition) is 4. The van der Waals surface area contributed by atoms with Crippen molar-refractivity contribution in [3.8, 4) is 16.9 Å². The zero-order valence-corrected chi connectivity index (χ0v) is 16.9. The monoisotopic (exact) mass is 408 g/mol. The summed E-state index contributed by atoms with van der Waals surface area (Å²) in [6, 6.07) is 8.63. The average molecular weight is 408 g/mol. The van der Waals surface area contributed by atoms with Gasteiger partial charge in [0.25, 0.3) is 0 Å². The van der Waals surface area contributed by atoms with Crippen LogP contribution in [0.4, 0.5) is 4.39 Å². The maximum Gasteiger partial charge on any atom is 0.231 e. The van der Waals surface area contributed by atoms with Gasteiger partial charge in [0.05, 0.1) is 13.7 Å². The normalized spacial score (nSPS) is 23.7. The molecule has 0 radical (unpaired) electrons. The first-order valence-electron chi connectivity index (χ1n) is 10.3. The van der Waals surface area contributed by atoms with E-state index in [1.165, 1.54) is 17.8 Å². The van der Waals surface area contributed by atoms with Gasteiger partial charge in [-0.25, -0.2) is 9.37 Å². The van der Waals surface area contributed by atoms with E-state index < -0.39 is 0 Å². The molecule has 1 amide bonds. The number of primary amides is 1. The minimum absolute atomic E-state index is 0.256. The molecule has 3 aromatic rings. The number of carbonyl (C=O) groups is 1. The topological polar surface area (TPSA) is 84.2 Å². The Morgan fingerprint density at radius 3 is 2.70 bits per heavy atom. The number of carbonyl (C=O) groups excluding carboxylic acids is 1. The quantitative estimate of drug-likeness (QED) is 0.679. The van der Waals surface area contributed by atoms with E-state index in [1.54, 1.807) is 19.4 Å². The Labute approximate surface area is 174 Å².